The van der Waals surface area contributed by atoms with E-state index < -0.39 is 18.3 Å². The van der Waals surface area contributed by atoms with Crippen molar-refractivity contribution in [3.63, 3.8) is 0 Å². The Morgan fingerprint density at radius 2 is 1.33 bits per heavy atom. The maximum Gasteiger partial charge on any atom is 0.100 e. The summed E-state index contributed by atoms with van der Waals surface area (Å²) < 4.78 is 0. The number of aliphatic hydroxyl groups excluding tert-OH is 6. The molecule has 0 aliphatic rings. The minimum atomic E-state index is -0.954. The second-order valence-corrected chi connectivity index (χ2v) is 3.27. The third-order valence-corrected chi connectivity index (χ3v) is 1.50. The zero-order chi connectivity index (χ0) is 12.3. The first-order valence-corrected chi connectivity index (χ1v) is 4.84. The van der Waals surface area contributed by atoms with Crippen molar-refractivity contribution in [1.29, 1.82) is 0 Å². The van der Waals surface area contributed by atoms with Crippen molar-refractivity contribution >= 4 is 0 Å². The van der Waals surface area contributed by atoms with Crippen LogP contribution in [0.5, 0.6) is 0 Å². The van der Waals surface area contributed by atoms with Crippen LogP contribution < -0.4 is 0 Å². The third kappa shape index (κ3) is 16.4. The molecule has 0 saturated carbocycles. The van der Waals surface area contributed by atoms with Crippen molar-refractivity contribution in [1.82, 2.24) is 0 Å². The lowest BCUT2D eigenvalue weighted by atomic mass is 10.1. The van der Waals surface area contributed by atoms with Crippen LogP contribution in [0.15, 0.2) is 0 Å². The highest BCUT2D eigenvalue weighted by atomic mass is 16.3. The van der Waals surface area contributed by atoms with Gasteiger partial charge in [0.2, 0.25) is 0 Å². The molecular weight excluding hydrogens is 204 g/mol. The molecule has 2 unspecified atom stereocenters. The van der Waals surface area contributed by atoms with Crippen molar-refractivity contribution in [2.75, 3.05) is 19.8 Å². The van der Waals surface area contributed by atoms with Crippen LogP contribution in [0.3, 0.4) is 0 Å². The molecule has 0 amide bonds. The fourth-order valence-corrected chi connectivity index (χ4v) is 0.718. The minimum absolute atomic E-state index is 0.0200. The number of aliphatic hydroxyl groups is 6. The Labute approximate surface area is 89.4 Å². The van der Waals surface area contributed by atoms with Crippen LogP contribution in [0.4, 0.5) is 0 Å². The fraction of sp³-hybridized carbons (Fsp3) is 1.00. The molecule has 15 heavy (non-hydrogen) atoms. The van der Waals surface area contributed by atoms with E-state index >= 15 is 0 Å². The Morgan fingerprint density at radius 3 is 1.53 bits per heavy atom. The first kappa shape index (κ1) is 17.2. The second-order valence-electron chi connectivity index (χ2n) is 3.27. The van der Waals surface area contributed by atoms with Crippen molar-refractivity contribution in [3.8, 4) is 0 Å². The lowest BCUT2D eigenvalue weighted by Crippen LogP contribution is -2.15. The number of hydrogen-bond acceptors (Lipinski definition) is 6. The van der Waals surface area contributed by atoms with Gasteiger partial charge in [0, 0.05) is 6.61 Å². The van der Waals surface area contributed by atoms with Gasteiger partial charge in [-0.05, 0) is 19.8 Å². The molecule has 0 saturated heterocycles. The maximum absolute atomic E-state index is 8.90. The van der Waals surface area contributed by atoms with E-state index in [2.05, 4.69) is 0 Å². The summed E-state index contributed by atoms with van der Waals surface area (Å²) in [7, 11) is 0. The molecule has 0 spiro atoms. The molecule has 0 aliphatic carbocycles. The normalized spacial score (nSPS) is 14.4. The highest BCUT2D eigenvalue weighted by molar-refractivity contribution is 4.57. The van der Waals surface area contributed by atoms with Crippen LogP contribution in [-0.2, 0) is 0 Å². The molecule has 0 radical (unpaired) electrons. The summed E-state index contributed by atoms with van der Waals surface area (Å²) in [5.41, 5.74) is 0. The number of hydrogen-bond donors (Lipinski definition) is 6. The van der Waals surface area contributed by atoms with E-state index in [0.717, 1.165) is 0 Å². The first-order chi connectivity index (χ1) is 6.97. The SMILES string of the molecule is CC(O)CC(O)CCO.OCC(O)CO. The molecule has 0 rings (SSSR count). The molecule has 0 aliphatic heterocycles. The van der Waals surface area contributed by atoms with Crippen LogP contribution in [0.25, 0.3) is 0 Å². The Hall–Kier alpha value is -0.240. The predicted octanol–water partition coefficient (Wildman–Crippen LogP) is -2.17. The van der Waals surface area contributed by atoms with Gasteiger partial charge in [-0.15, -0.1) is 0 Å². The highest BCUT2D eigenvalue weighted by Crippen LogP contribution is 2.00. The third-order valence-electron chi connectivity index (χ3n) is 1.50. The Balaban J connectivity index is 0. The topological polar surface area (TPSA) is 121 Å². The summed E-state index contributed by atoms with van der Waals surface area (Å²) in [4.78, 5) is 0. The molecule has 0 aromatic heterocycles. The quantitative estimate of drug-likeness (QED) is 0.306. The van der Waals surface area contributed by atoms with Gasteiger partial charge in [-0.2, -0.15) is 0 Å². The van der Waals surface area contributed by atoms with Crippen LogP contribution in [-0.4, -0.2) is 68.8 Å². The van der Waals surface area contributed by atoms with E-state index in [9.17, 15) is 0 Å². The summed E-state index contributed by atoms with van der Waals surface area (Å²) in [6, 6.07) is 0. The Morgan fingerprint density at radius 1 is 0.867 bits per heavy atom. The second kappa shape index (κ2) is 11.8. The Kier molecular flexibility index (Phi) is 13.5. The van der Waals surface area contributed by atoms with Crippen LogP contribution in [0, 0.1) is 0 Å². The summed E-state index contributed by atoms with van der Waals surface area (Å²) in [5.74, 6) is 0. The highest BCUT2D eigenvalue weighted by Gasteiger charge is 2.05. The fourth-order valence-electron chi connectivity index (χ4n) is 0.718. The molecule has 0 aromatic carbocycles. The van der Waals surface area contributed by atoms with Gasteiger partial charge >= 0.3 is 0 Å². The summed E-state index contributed by atoms with van der Waals surface area (Å²) >= 11 is 0. The standard InChI is InChI=1S/C6H14O3.C3H8O3/c1-5(8)4-6(9)2-3-7;4-1-3(6)2-5/h5-9H,2-4H2,1H3;3-6H,1-2H2. The van der Waals surface area contributed by atoms with Crippen LogP contribution in [0.1, 0.15) is 19.8 Å². The van der Waals surface area contributed by atoms with Crippen LogP contribution in [0.2, 0.25) is 0 Å². The van der Waals surface area contributed by atoms with Gasteiger partial charge in [0.05, 0.1) is 25.4 Å². The van der Waals surface area contributed by atoms with Crippen molar-refractivity contribution in [2.24, 2.45) is 0 Å². The van der Waals surface area contributed by atoms with Gasteiger partial charge in [0.1, 0.15) is 6.10 Å². The lowest BCUT2D eigenvalue weighted by molar-refractivity contribution is 0.0450. The Bertz CT molecular complexity index is 115. The molecule has 94 valence electrons. The van der Waals surface area contributed by atoms with E-state index in [-0.39, 0.29) is 19.8 Å². The van der Waals surface area contributed by atoms with Crippen molar-refractivity contribution in [3.05, 3.63) is 0 Å². The van der Waals surface area contributed by atoms with Crippen LogP contribution >= 0.6 is 0 Å². The molecule has 0 fully saturated rings. The smallest absolute Gasteiger partial charge is 0.100 e. The first-order valence-electron chi connectivity index (χ1n) is 4.84. The van der Waals surface area contributed by atoms with Gasteiger partial charge < -0.3 is 30.6 Å². The molecule has 2 atom stereocenters. The lowest BCUT2D eigenvalue weighted by Gasteiger charge is -2.09. The van der Waals surface area contributed by atoms with E-state index in [1.165, 1.54) is 0 Å². The number of rotatable bonds is 6. The molecule has 6 N–H and O–H groups in total. The maximum atomic E-state index is 8.90. The van der Waals surface area contributed by atoms with Gasteiger partial charge in [0.25, 0.3) is 0 Å². The van der Waals surface area contributed by atoms with E-state index in [4.69, 9.17) is 30.6 Å². The molecule has 0 aromatic rings. The van der Waals surface area contributed by atoms with E-state index in [1.54, 1.807) is 6.92 Å². The summed E-state index contributed by atoms with van der Waals surface area (Å²) in [6.07, 6.45) is -1.29. The molecular formula is C9H22O6. The van der Waals surface area contributed by atoms with Gasteiger partial charge in [0.15, 0.2) is 0 Å². The molecule has 6 nitrogen and oxygen atoms in total. The van der Waals surface area contributed by atoms with E-state index in [0.29, 0.717) is 12.8 Å². The predicted molar refractivity (Wildman–Crippen MR) is 54.2 cm³/mol. The molecule has 0 heterocycles. The molecule has 6 heteroatoms. The average Bonchev–Trinajstić information content (AvgIpc) is 2.16. The zero-order valence-corrected chi connectivity index (χ0v) is 8.95. The minimum Gasteiger partial charge on any atom is -0.396 e. The van der Waals surface area contributed by atoms with Gasteiger partial charge in [-0.1, -0.05) is 0 Å². The summed E-state index contributed by atoms with van der Waals surface area (Å²) in [6.45, 7) is 0.863. The van der Waals surface area contributed by atoms with Gasteiger partial charge in [-0.3, -0.25) is 0 Å². The monoisotopic (exact) mass is 226 g/mol. The average molecular weight is 226 g/mol. The summed E-state index contributed by atoms with van der Waals surface area (Å²) in [5, 5.41) is 49.9. The largest absolute Gasteiger partial charge is 0.396 e. The van der Waals surface area contributed by atoms with Crippen molar-refractivity contribution in [2.45, 2.75) is 38.1 Å². The van der Waals surface area contributed by atoms with Crippen molar-refractivity contribution < 1.29 is 30.6 Å². The van der Waals surface area contributed by atoms with Gasteiger partial charge in [-0.25, -0.2) is 0 Å². The zero-order valence-electron chi connectivity index (χ0n) is 8.95. The molecule has 0 bridgehead atoms. The van der Waals surface area contributed by atoms with E-state index in [1.807, 2.05) is 0 Å².